The van der Waals surface area contributed by atoms with Gasteiger partial charge in [0.1, 0.15) is 6.54 Å². The maximum absolute atomic E-state index is 12.0. The van der Waals surface area contributed by atoms with Gasteiger partial charge in [-0.15, -0.1) is 35.5 Å². The summed E-state index contributed by atoms with van der Waals surface area (Å²) in [5.41, 5.74) is 0.695. The lowest BCUT2D eigenvalue weighted by Gasteiger charge is -2.09. The number of benzene rings is 1. The maximum Gasteiger partial charge on any atom is 0.244 e. The number of thioether (sulfide) groups is 1. The van der Waals surface area contributed by atoms with E-state index in [1.54, 1.807) is 22.2 Å². The molecular formula is C13H13ClN4OS2. The standard InChI is InChI=1S/C13H12N4OS2.ClH/c14-5-7-19-11-4-2-1-3-10(11)16-12(18)9-17-6-8-20-13(17)15;/h1-4,6,8,15H,7,9H2,(H,16,18);1H. The van der Waals surface area contributed by atoms with Crippen LogP contribution in [0.4, 0.5) is 5.69 Å². The summed E-state index contributed by atoms with van der Waals surface area (Å²) in [7, 11) is 0. The molecule has 1 aromatic heterocycles. The molecule has 8 heteroatoms. The molecule has 0 bridgehead atoms. The largest absolute Gasteiger partial charge is 0.324 e. The first-order valence-corrected chi connectivity index (χ1v) is 7.64. The smallest absolute Gasteiger partial charge is 0.244 e. The van der Waals surface area contributed by atoms with Crippen LogP contribution in [0.5, 0.6) is 0 Å². The topological polar surface area (TPSA) is 81.7 Å². The first kappa shape index (κ1) is 17.3. The Hall–Kier alpha value is -1.75. The minimum absolute atomic E-state index is 0. The second kappa shape index (κ2) is 8.52. The van der Waals surface area contributed by atoms with E-state index in [0.717, 1.165) is 4.90 Å². The van der Waals surface area contributed by atoms with Gasteiger partial charge in [0.25, 0.3) is 0 Å². The van der Waals surface area contributed by atoms with Crippen molar-refractivity contribution in [3.8, 4) is 6.07 Å². The Labute approximate surface area is 136 Å². The summed E-state index contributed by atoms with van der Waals surface area (Å²) in [4.78, 5) is 13.2. The summed E-state index contributed by atoms with van der Waals surface area (Å²) in [6.45, 7) is 0.111. The number of halogens is 1. The second-order valence-corrected chi connectivity index (χ2v) is 5.74. The van der Waals surface area contributed by atoms with Crippen LogP contribution in [0.3, 0.4) is 0 Å². The molecule has 1 aromatic carbocycles. The molecule has 0 atom stereocenters. The monoisotopic (exact) mass is 340 g/mol. The van der Waals surface area contributed by atoms with Crippen LogP contribution in [0.15, 0.2) is 40.7 Å². The van der Waals surface area contributed by atoms with Crippen LogP contribution in [0.2, 0.25) is 0 Å². The molecule has 0 aliphatic carbocycles. The van der Waals surface area contributed by atoms with Crippen LogP contribution < -0.4 is 10.1 Å². The molecule has 5 nitrogen and oxygen atoms in total. The number of rotatable bonds is 5. The molecule has 110 valence electrons. The predicted octanol–water partition coefficient (Wildman–Crippen LogP) is 2.71. The number of hydrogen-bond acceptors (Lipinski definition) is 5. The van der Waals surface area contributed by atoms with Gasteiger partial charge in [-0.3, -0.25) is 10.2 Å². The van der Waals surface area contributed by atoms with Crippen molar-refractivity contribution in [2.45, 2.75) is 11.4 Å². The number of aromatic nitrogens is 1. The van der Waals surface area contributed by atoms with Crippen molar-refractivity contribution in [1.29, 1.82) is 10.7 Å². The number of carbonyl (C=O) groups is 1. The van der Waals surface area contributed by atoms with Gasteiger partial charge in [-0.2, -0.15) is 5.26 Å². The number of amides is 1. The van der Waals surface area contributed by atoms with Crippen LogP contribution >= 0.6 is 35.5 Å². The molecule has 2 rings (SSSR count). The molecule has 1 amide bonds. The number of hydrogen-bond donors (Lipinski definition) is 2. The molecule has 0 aliphatic rings. The van der Waals surface area contributed by atoms with Crippen LogP contribution in [0, 0.1) is 16.7 Å². The van der Waals surface area contributed by atoms with Crippen LogP contribution in [-0.4, -0.2) is 16.2 Å². The van der Waals surface area contributed by atoms with E-state index < -0.39 is 0 Å². The lowest BCUT2D eigenvalue weighted by Crippen LogP contribution is -2.24. The molecule has 0 aliphatic heterocycles. The molecule has 0 saturated carbocycles. The van der Waals surface area contributed by atoms with Gasteiger partial charge < -0.3 is 9.88 Å². The molecule has 2 N–H and O–H groups in total. The Bertz CT molecular complexity index is 704. The summed E-state index contributed by atoms with van der Waals surface area (Å²) < 4.78 is 1.57. The van der Waals surface area contributed by atoms with Gasteiger partial charge in [-0.25, -0.2) is 0 Å². The van der Waals surface area contributed by atoms with Crippen molar-refractivity contribution in [1.82, 2.24) is 4.57 Å². The van der Waals surface area contributed by atoms with Crippen molar-refractivity contribution >= 4 is 47.1 Å². The zero-order valence-electron chi connectivity index (χ0n) is 10.9. The summed E-state index contributed by atoms with van der Waals surface area (Å²) in [6.07, 6.45) is 1.71. The quantitative estimate of drug-likeness (QED) is 0.821. The second-order valence-electron chi connectivity index (χ2n) is 3.83. The van der Waals surface area contributed by atoms with Gasteiger partial charge in [0.2, 0.25) is 5.91 Å². The zero-order valence-corrected chi connectivity index (χ0v) is 13.4. The van der Waals surface area contributed by atoms with Gasteiger partial charge >= 0.3 is 0 Å². The van der Waals surface area contributed by atoms with E-state index in [0.29, 0.717) is 16.2 Å². The molecule has 21 heavy (non-hydrogen) atoms. The maximum atomic E-state index is 12.0. The Morgan fingerprint density at radius 1 is 1.48 bits per heavy atom. The van der Waals surface area contributed by atoms with E-state index in [-0.39, 0.29) is 24.9 Å². The molecule has 0 unspecified atom stereocenters. The Kier molecular flexibility index (Phi) is 7.02. The molecule has 2 aromatic rings. The van der Waals surface area contributed by atoms with E-state index in [1.807, 2.05) is 18.2 Å². The first-order valence-electron chi connectivity index (χ1n) is 5.78. The summed E-state index contributed by atoms with van der Waals surface area (Å²) >= 11 is 2.66. The predicted molar refractivity (Wildman–Crippen MR) is 86.8 cm³/mol. The number of nitrogens with one attached hydrogen (secondary N) is 2. The number of thiazole rings is 1. The molecule has 0 spiro atoms. The lowest BCUT2D eigenvalue weighted by molar-refractivity contribution is -0.116. The highest BCUT2D eigenvalue weighted by molar-refractivity contribution is 7.99. The molecular weight excluding hydrogens is 328 g/mol. The fraction of sp³-hybridized carbons (Fsp3) is 0.154. The third-order valence-corrected chi connectivity index (χ3v) is 4.10. The number of carbonyl (C=O) groups excluding carboxylic acids is 1. The van der Waals surface area contributed by atoms with Crippen LogP contribution in [-0.2, 0) is 11.3 Å². The highest BCUT2D eigenvalue weighted by Gasteiger charge is 2.08. The van der Waals surface area contributed by atoms with Gasteiger partial charge in [-0.05, 0) is 12.1 Å². The third-order valence-electron chi connectivity index (χ3n) is 2.45. The highest BCUT2D eigenvalue weighted by atomic mass is 35.5. The van der Waals surface area contributed by atoms with Crippen molar-refractivity contribution in [3.05, 3.63) is 40.6 Å². The van der Waals surface area contributed by atoms with Crippen molar-refractivity contribution in [3.63, 3.8) is 0 Å². The Morgan fingerprint density at radius 2 is 2.24 bits per heavy atom. The Balaban J connectivity index is 0.00000220. The SMILES string of the molecule is Cl.N#CCSc1ccccc1NC(=O)Cn1ccsc1=N. The van der Waals surface area contributed by atoms with Crippen LogP contribution in [0.25, 0.3) is 0 Å². The fourth-order valence-corrected chi connectivity index (χ4v) is 2.85. The minimum Gasteiger partial charge on any atom is -0.324 e. The van der Waals surface area contributed by atoms with Gasteiger partial charge in [0.05, 0.1) is 17.5 Å². The van der Waals surface area contributed by atoms with Crippen molar-refractivity contribution < 1.29 is 4.79 Å². The number of para-hydroxylation sites is 1. The van der Waals surface area contributed by atoms with E-state index in [4.69, 9.17) is 10.7 Å². The summed E-state index contributed by atoms with van der Waals surface area (Å²) in [6, 6.07) is 9.43. The molecule has 0 saturated heterocycles. The normalized spacial score (nSPS) is 9.48. The minimum atomic E-state index is -0.188. The first-order chi connectivity index (χ1) is 9.70. The third kappa shape index (κ3) is 4.93. The van der Waals surface area contributed by atoms with Crippen molar-refractivity contribution in [2.24, 2.45) is 0 Å². The fourth-order valence-electron chi connectivity index (χ4n) is 1.58. The Morgan fingerprint density at radius 3 is 2.90 bits per heavy atom. The average Bonchev–Trinajstić information content (AvgIpc) is 2.83. The number of nitrogens with zero attached hydrogens (tertiary/aromatic N) is 2. The molecule has 0 radical (unpaired) electrons. The zero-order chi connectivity index (χ0) is 14.4. The summed E-state index contributed by atoms with van der Waals surface area (Å²) in [5, 5.41) is 20.8. The number of nitriles is 1. The van der Waals surface area contributed by atoms with Crippen LogP contribution in [0.1, 0.15) is 0 Å². The highest BCUT2D eigenvalue weighted by Crippen LogP contribution is 2.26. The average molecular weight is 341 g/mol. The van der Waals surface area contributed by atoms with E-state index in [2.05, 4.69) is 11.4 Å². The van der Waals surface area contributed by atoms with Crippen molar-refractivity contribution in [2.75, 3.05) is 11.1 Å². The van der Waals surface area contributed by atoms with E-state index in [1.165, 1.54) is 23.1 Å². The van der Waals surface area contributed by atoms with E-state index >= 15 is 0 Å². The molecule has 1 heterocycles. The van der Waals surface area contributed by atoms with Gasteiger partial charge in [0, 0.05) is 16.5 Å². The van der Waals surface area contributed by atoms with Gasteiger partial charge in [0.15, 0.2) is 4.80 Å². The number of anilines is 1. The van der Waals surface area contributed by atoms with E-state index in [9.17, 15) is 4.79 Å². The lowest BCUT2D eigenvalue weighted by atomic mass is 10.3. The van der Waals surface area contributed by atoms with Gasteiger partial charge in [-0.1, -0.05) is 12.1 Å². The molecule has 0 fully saturated rings. The summed E-state index contributed by atoms with van der Waals surface area (Å²) in [5.74, 6) is 0.148.